The first kappa shape index (κ1) is 16.0. The fourth-order valence-electron chi connectivity index (χ4n) is 2.24. The van der Waals surface area contributed by atoms with Gasteiger partial charge in [-0.25, -0.2) is 4.39 Å². The van der Waals surface area contributed by atoms with E-state index in [0.29, 0.717) is 0 Å². The second-order valence-electron chi connectivity index (χ2n) is 5.53. The van der Waals surface area contributed by atoms with E-state index in [4.69, 9.17) is 0 Å². The normalized spacial score (nSPS) is 12.5. The van der Waals surface area contributed by atoms with Crippen molar-refractivity contribution in [3.8, 4) is 0 Å². The molecular weight excluding hydrogens is 277 g/mol. The molecule has 0 heterocycles. The third-order valence-corrected chi connectivity index (χ3v) is 3.42. The first-order valence-electron chi connectivity index (χ1n) is 7.35. The summed E-state index contributed by atoms with van der Waals surface area (Å²) in [5.74, 6) is -0.164. The molecule has 1 atom stereocenters. The van der Waals surface area contributed by atoms with Gasteiger partial charge in [-0.15, -0.1) is 0 Å². The van der Waals surface area contributed by atoms with Crippen molar-refractivity contribution in [2.24, 2.45) is 5.92 Å². The first-order valence-corrected chi connectivity index (χ1v) is 7.35. The molecule has 0 radical (unpaired) electrons. The maximum atomic E-state index is 12.8. The molecule has 2 aromatic rings. The Morgan fingerprint density at radius 3 is 2.27 bits per heavy atom. The highest BCUT2D eigenvalue weighted by Crippen LogP contribution is 2.21. The van der Waals surface area contributed by atoms with Gasteiger partial charge in [-0.3, -0.25) is 4.79 Å². The second kappa shape index (κ2) is 7.55. The van der Waals surface area contributed by atoms with Crippen LogP contribution in [0.25, 0.3) is 6.08 Å². The van der Waals surface area contributed by atoms with Gasteiger partial charge in [0.2, 0.25) is 5.91 Å². The fraction of sp³-hybridized carbons (Fsp3) is 0.211. The summed E-state index contributed by atoms with van der Waals surface area (Å²) in [6.45, 7) is 4.14. The SMILES string of the molecule is CC(C)C(NC(=O)/C=C/c1ccc(F)cc1)c1ccccc1. The molecule has 114 valence electrons. The lowest BCUT2D eigenvalue weighted by atomic mass is 9.96. The number of benzene rings is 2. The monoisotopic (exact) mass is 297 g/mol. The third kappa shape index (κ3) is 4.55. The van der Waals surface area contributed by atoms with Crippen molar-refractivity contribution in [3.63, 3.8) is 0 Å². The van der Waals surface area contributed by atoms with Gasteiger partial charge in [0, 0.05) is 6.08 Å². The van der Waals surface area contributed by atoms with E-state index in [1.54, 1.807) is 18.2 Å². The average molecular weight is 297 g/mol. The number of hydrogen-bond donors (Lipinski definition) is 1. The lowest BCUT2D eigenvalue weighted by Gasteiger charge is -2.22. The van der Waals surface area contributed by atoms with Gasteiger partial charge in [0.05, 0.1) is 6.04 Å². The average Bonchev–Trinajstić information content (AvgIpc) is 2.52. The number of halogens is 1. The van der Waals surface area contributed by atoms with Crippen molar-refractivity contribution in [1.82, 2.24) is 5.32 Å². The molecule has 2 nitrogen and oxygen atoms in total. The molecule has 0 aliphatic rings. The standard InChI is InChI=1S/C19H20FNO/c1-14(2)19(16-6-4-3-5-7-16)21-18(22)13-10-15-8-11-17(20)12-9-15/h3-14,19H,1-2H3,(H,21,22)/b13-10+. The van der Waals surface area contributed by atoms with E-state index in [1.165, 1.54) is 18.2 Å². The second-order valence-corrected chi connectivity index (χ2v) is 5.53. The highest BCUT2D eigenvalue weighted by Gasteiger charge is 2.16. The van der Waals surface area contributed by atoms with E-state index in [2.05, 4.69) is 19.2 Å². The van der Waals surface area contributed by atoms with Crippen LogP contribution in [-0.4, -0.2) is 5.91 Å². The van der Waals surface area contributed by atoms with Gasteiger partial charge in [0.15, 0.2) is 0 Å². The lowest BCUT2D eigenvalue weighted by Crippen LogP contribution is -2.30. The van der Waals surface area contributed by atoms with E-state index in [0.717, 1.165) is 11.1 Å². The molecule has 1 amide bonds. The van der Waals surface area contributed by atoms with Crippen LogP contribution >= 0.6 is 0 Å². The van der Waals surface area contributed by atoms with Crippen LogP contribution in [0.15, 0.2) is 60.7 Å². The maximum Gasteiger partial charge on any atom is 0.244 e. The summed E-state index contributed by atoms with van der Waals surface area (Å²) in [6.07, 6.45) is 3.16. The third-order valence-electron chi connectivity index (χ3n) is 3.42. The Morgan fingerprint density at radius 2 is 1.68 bits per heavy atom. The minimum absolute atomic E-state index is 0.0356. The number of hydrogen-bond acceptors (Lipinski definition) is 1. The van der Waals surface area contributed by atoms with Crippen LogP contribution in [0.1, 0.15) is 31.0 Å². The van der Waals surface area contributed by atoms with Crippen molar-refractivity contribution >= 4 is 12.0 Å². The number of amides is 1. The molecule has 0 aromatic heterocycles. The Bertz CT molecular complexity index is 632. The predicted octanol–water partition coefficient (Wildman–Crippen LogP) is 4.35. The smallest absolute Gasteiger partial charge is 0.244 e. The molecule has 1 N–H and O–H groups in total. The molecule has 0 fully saturated rings. The van der Waals surface area contributed by atoms with Crippen molar-refractivity contribution in [2.45, 2.75) is 19.9 Å². The van der Waals surface area contributed by atoms with Gasteiger partial charge in [0.25, 0.3) is 0 Å². The first-order chi connectivity index (χ1) is 10.6. The Hall–Kier alpha value is -2.42. The van der Waals surface area contributed by atoms with Crippen LogP contribution in [0.4, 0.5) is 4.39 Å². The molecule has 1 unspecified atom stereocenters. The Balaban J connectivity index is 2.04. The largest absolute Gasteiger partial charge is 0.345 e. The van der Waals surface area contributed by atoms with Crippen LogP contribution in [-0.2, 0) is 4.79 Å². The molecule has 3 heteroatoms. The predicted molar refractivity (Wildman–Crippen MR) is 87.6 cm³/mol. The van der Waals surface area contributed by atoms with E-state index in [1.807, 2.05) is 30.3 Å². The number of rotatable bonds is 5. The minimum atomic E-state index is -0.287. The van der Waals surface area contributed by atoms with E-state index in [9.17, 15) is 9.18 Å². The van der Waals surface area contributed by atoms with Gasteiger partial charge in [-0.1, -0.05) is 56.3 Å². The molecule has 0 bridgehead atoms. The fourth-order valence-corrected chi connectivity index (χ4v) is 2.24. The molecule has 0 spiro atoms. The zero-order chi connectivity index (χ0) is 15.9. The summed E-state index contributed by atoms with van der Waals surface area (Å²) in [6, 6.07) is 15.9. The van der Waals surface area contributed by atoms with Gasteiger partial charge >= 0.3 is 0 Å². The molecule has 2 rings (SSSR count). The molecule has 22 heavy (non-hydrogen) atoms. The maximum absolute atomic E-state index is 12.8. The summed E-state index contributed by atoms with van der Waals surface area (Å²) in [4.78, 5) is 12.1. The zero-order valence-corrected chi connectivity index (χ0v) is 12.8. The highest BCUT2D eigenvalue weighted by atomic mass is 19.1. The molecule has 0 aliphatic carbocycles. The topological polar surface area (TPSA) is 29.1 Å². The summed E-state index contributed by atoms with van der Waals surface area (Å²) < 4.78 is 12.8. The van der Waals surface area contributed by atoms with Gasteiger partial charge in [-0.05, 0) is 35.3 Å². The molecule has 0 saturated heterocycles. The van der Waals surface area contributed by atoms with Gasteiger partial charge in [0.1, 0.15) is 5.82 Å². The van der Waals surface area contributed by atoms with Crippen LogP contribution in [0.3, 0.4) is 0 Å². The Morgan fingerprint density at radius 1 is 1.05 bits per heavy atom. The van der Waals surface area contributed by atoms with E-state index in [-0.39, 0.29) is 23.7 Å². The zero-order valence-electron chi connectivity index (χ0n) is 12.8. The van der Waals surface area contributed by atoms with Crippen LogP contribution in [0.5, 0.6) is 0 Å². The number of carbonyl (C=O) groups is 1. The lowest BCUT2D eigenvalue weighted by molar-refractivity contribution is -0.117. The van der Waals surface area contributed by atoms with Crippen molar-refractivity contribution in [2.75, 3.05) is 0 Å². The van der Waals surface area contributed by atoms with Gasteiger partial charge < -0.3 is 5.32 Å². The summed E-state index contributed by atoms with van der Waals surface area (Å²) in [5.41, 5.74) is 1.87. The summed E-state index contributed by atoms with van der Waals surface area (Å²) >= 11 is 0. The molecule has 0 saturated carbocycles. The number of nitrogens with one attached hydrogen (secondary N) is 1. The minimum Gasteiger partial charge on any atom is -0.345 e. The molecule has 0 aliphatic heterocycles. The van der Waals surface area contributed by atoms with Crippen LogP contribution in [0.2, 0.25) is 0 Å². The van der Waals surface area contributed by atoms with Crippen molar-refractivity contribution in [1.29, 1.82) is 0 Å². The quantitative estimate of drug-likeness (QED) is 0.817. The summed E-state index contributed by atoms with van der Waals surface area (Å²) in [7, 11) is 0. The highest BCUT2D eigenvalue weighted by molar-refractivity contribution is 5.92. The van der Waals surface area contributed by atoms with Crippen LogP contribution in [0, 0.1) is 11.7 Å². The molecular formula is C19H20FNO. The van der Waals surface area contributed by atoms with E-state index >= 15 is 0 Å². The Labute approximate surface area is 130 Å². The number of carbonyl (C=O) groups excluding carboxylic acids is 1. The van der Waals surface area contributed by atoms with Gasteiger partial charge in [-0.2, -0.15) is 0 Å². The Kier molecular flexibility index (Phi) is 5.48. The van der Waals surface area contributed by atoms with E-state index < -0.39 is 0 Å². The van der Waals surface area contributed by atoms with Crippen LogP contribution < -0.4 is 5.32 Å². The van der Waals surface area contributed by atoms with Crippen molar-refractivity contribution < 1.29 is 9.18 Å². The molecule has 2 aromatic carbocycles. The van der Waals surface area contributed by atoms with Crippen molar-refractivity contribution in [3.05, 3.63) is 77.6 Å². The summed E-state index contributed by atoms with van der Waals surface area (Å²) in [5, 5.41) is 3.01.